The Balaban J connectivity index is 1.48. The van der Waals surface area contributed by atoms with Gasteiger partial charge in [-0.25, -0.2) is 4.39 Å². The maximum absolute atomic E-state index is 13.0. The maximum Gasteiger partial charge on any atom is 0.265 e. The largest absolute Gasteiger partial charge is 0.495 e. The number of nitrogens with zero attached hydrogens (tertiary/aromatic N) is 1. The van der Waals surface area contributed by atoms with Gasteiger partial charge in [0.15, 0.2) is 0 Å². The van der Waals surface area contributed by atoms with E-state index in [0.717, 1.165) is 0 Å². The molecule has 0 atom stereocenters. The number of carbonyl (C=O) groups is 2. The molecule has 0 unspecified atom stereocenters. The van der Waals surface area contributed by atoms with E-state index in [4.69, 9.17) is 4.74 Å². The van der Waals surface area contributed by atoms with E-state index in [-0.39, 0.29) is 24.1 Å². The van der Waals surface area contributed by atoms with E-state index in [1.165, 1.54) is 30.6 Å². The van der Waals surface area contributed by atoms with Crippen molar-refractivity contribution in [2.75, 3.05) is 17.7 Å². The summed E-state index contributed by atoms with van der Waals surface area (Å²) in [6, 6.07) is 14.5. The van der Waals surface area contributed by atoms with Crippen LogP contribution in [0.5, 0.6) is 5.75 Å². The smallest absolute Gasteiger partial charge is 0.265 e. The molecule has 7 nitrogen and oxygen atoms in total. The van der Waals surface area contributed by atoms with Crippen LogP contribution >= 0.6 is 11.3 Å². The van der Waals surface area contributed by atoms with Crippen molar-refractivity contribution in [1.29, 1.82) is 0 Å². The molecule has 3 N–H and O–H groups in total. The Hall–Kier alpha value is -3.72. The second kappa shape index (κ2) is 8.34. The summed E-state index contributed by atoms with van der Waals surface area (Å²) in [5.74, 6) is 0.0300. The van der Waals surface area contributed by atoms with Crippen LogP contribution in [-0.2, 0) is 11.2 Å². The number of fused-ring (bicyclic) bond motifs is 1. The fraction of sp³-hybridized carbons (Fsp3) is 0.0952. The monoisotopic (exact) mass is 424 g/mol. The topological polar surface area (TPSA) is 96.1 Å². The zero-order valence-corrected chi connectivity index (χ0v) is 16.7. The highest BCUT2D eigenvalue weighted by Crippen LogP contribution is 2.31. The van der Waals surface area contributed by atoms with Crippen LogP contribution in [0.3, 0.4) is 0 Å². The zero-order chi connectivity index (χ0) is 21.1. The average Bonchev–Trinajstić information content (AvgIpc) is 3.32. The number of rotatable bonds is 6. The highest BCUT2D eigenvalue weighted by atomic mass is 32.1. The molecule has 2 amide bonds. The van der Waals surface area contributed by atoms with Gasteiger partial charge in [-0.2, -0.15) is 5.10 Å². The lowest BCUT2D eigenvalue weighted by atomic mass is 10.1. The van der Waals surface area contributed by atoms with Gasteiger partial charge in [-0.1, -0.05) is 24.3 Å². The fourth-order valence-corrected chi connectivity index (χ4v) is 3.81. The van der Waals surface area contributed by atoms with Gasteiger partial charge in [0, 0.05) is 0 Å². The molecule has 2 aromatic heterocycles. The Kier molecular flexibility index (Phi) is 5.44. The molecule has 2 heterocycles. The summed E-state index contributed by atoms with van der Waals surface area (Å²) in [4.78, 5) is 26.0. The Labute approximate surface area is 174 Å². The van der Waals surface area contributed by atoms with E-state index in [0.29, 0.717) is 37.9 Å². The number of aromatic amines is 1. The van der Waals surface area contributed by atoms with Gasteiger partial charge in [-0.15, -0.1) is 11.3 Å². The third-order valence-corrected chi connectivity index (χ3v) is 5.40. The molecule has 0 fully saturated rings. The minimum absolute atomic E-state index is 0.0894. The van der Waals surface area contributed by atoms with Crippen LogP contribution in [0.15, 0.2) is 54.6 Å². The van der Waals surface area contributed by atoms with Crippen molar-refractivity contribution in [3.8, 4) is 5.75 Å². The predicted molar refractivity (Wildman–Crippen MR) is 114 cm³/mol. The lowest BCUT2D eigenvalue weighted by molar-refractivity contribution is -0.115. The third-order valence-electron chi connectivity index (χ3n) is 4.37. The van der Waals surface area contributed by atoms with Gasteiger partial charge in [0.05, 0.1) is 29.5 Å². The summed E-state index contributed by atoms with van der Waals surface area (Å²) >= 11 is 1.20. The van der Waals surface area contributed by atoms with Gasteiger partial charge in [-0.3, -0.25) is 14.7 Å². The number of thiophene rings is 1. The van der Waals surface area contributed by atoms with Crippen LogP contribution in [0.4, 0.5) is 15.9 Å². The SMILES string of the molecule is COc1ccccc1NC(=O)c1cc2c(NC(=O)Cc3ccc(F)cc3)[nH]nc2s1. The molecular formula is C21H17FN4O3S. The van der Waals surface area contributed by atoms with Crippen molar-refractivity contribution in [3.63, 3.8) is 0 Å². The molecule has 0 saturated heterocycles. The van der Waals surface area contributed by atoms with E-state index < -0.39 is 0 Å². The van der Waals surface area contributed by atoms with Crippen LogP contribution in [0.2, 0.25) is 0 Å². The lowest BCUT2D eigenvalue weighted by Crippen LogP contribution is -2.15. The molecule has 4 aromatic rings. The first-order chi connectivity index (χ1) is 14.5. The summed E-state index contributed by atoms with van der Waals surface area (Å²) in [5, 5.41) is 13.1. The Morgan fingerprint density at radius 2 is 1.90 bits per heavy atom. The summed E-state index contributed by atoms with van der Waals surface area (Å²) in [5.41, 5.74) is 1.25. The second-order valence-corrected chi connectivity index (χ2v) is 7.46. The number of carbonyl (C=O) groups excluding carboxylic acids is 2. The summed E-state index contributed by atoms with van der Waals surface area (Å²) in [6.45, 7) is 0. The van der Waals surface area contributed by atoms with Crippen LogP contribution in [-0.4, -0.2) is 29.1 Å². The zero-order valence-electron chi connectivity index (χ0n) is 15.9. The van der Waals surface area contributed by atoms with E-state index in [1.807, 2.05) is 6.07 Å². The Morgan fingerprint density at radius 1 is 1.13 bits per heavy atom. The fourth-order valence-electron chi connectivity index (χ4n) is 2.92. The number of methoxy groups -OCH3 is 1. The quantitative estimate of drug-likeness (QED) is 0.432. The normalized spacial score (nSPS) is 10.7. The molecule has 0 saturated carbocycles. The second-order valence-electron chi connectivity index (χ2n) is 6.43. The third kappa shape index (κ3) is 4.15. The summed E-state index contributed by atoms with van der Waals surface area (Å²) in [7, 11) is 1.53. The highest BCUT2D eigenvalue weighted by Gasteiger charge is 2.17. The van der Waals surface area contributed by atoms with Crippen molar-refractivity contribution < 1.29 is 18.7 Å². The maximum atomic E-state index is 13.0. The van der Waals surface area contributed by atoms with Gasteiger partial charge in [0.25, 0.3) is 5.91 Å². The number of hydrogen-bond acceptors (Lipinski definition) is 5. The molecule has 0 aliphatic rings. The van der Waals surface area contributed by atoms with Gasteiger partial charge in [0.1, 0.15) is 22.2 Å². The number of amides is 2. The summed E-state index contributed by atoms with van der Waals surface area (Å²) < 4.78 is 18.2. The molecule has 0 spiro atoms. The Morgan fingerprint density at radius 3 is 2.67 bits per heavy atom. The molecule has 0 radical (unpaired) electrons. The number of benzene rings is 2. The molecule has 9 heteroatoms. The number of para-hydroxylation sites is 2. The van der Waals surface area contributed by atoms with E-state index in [2.05, 4.69) is 20.8 Å². The molecule has 30 heavy (non-hydrogen) atoms. The number of aromatic nitrogens is 2. The highest BCUT2D eigenvalue weighted by molar-refractivity contribution is 7.20. The van der Waals surface area contributed by atoms with E-state index in [9.17, 15) is 14.0 Å². The van der Waals surface area contributed by atoms with Gasteiger partial charge in [0.2, 0.25) is 5.91 Å². The molecule has 0 bridgehead atoms. The number of hydrogen-bond donors (Lipinski definition) is 3. The molecule has 4 rings (SSSR count). The van der Waals surface area contributed by atoms with Crippen LogP contribution in [0.25, 0.3) is 10.2 Å². The van der Waals surface area contributed by atoms with Gasteiger partial charge < -0.3 is 15.4 Å². The minimum atomic E-state index is -0.355. The van der Waals surface area contributed by atoms with Crippen LogP contribution < -0.4 is 15.4 Å². The molecule has 152 valence electrons. The Bertz CT molecular complexity index is 1220. The number of H-pyrrole nitrogens is 1. The van der Waals surface area contributed by atoms with Crippen molar-refractivity contribution in [3.05, 3.63) is 70.9 Å². The number of anilines is 2. The first-order valence-corrected chi connectivity index (χ1v) is 9.81. The standard InChI is InChI=1S/C21H17FN4O3S/c1-29-16-5-3-2-4-15(16)23-20(28)17-11-14-19(25-26-21(14)30-17)24-18(27)10-12-6-8-13(22)9-7-12/h2-9,11H,10H2,1H3,(H,23,28)(H2,24,25,26,27). The first-order valence-electron chi connectivity index (χ1n) is 9.00. The minimum Gasteiger partial charge on any atom is -0.495 e. The van der Waals surface area contributed by atoms with Crippen molar-refractivity contribution >= 4 is 44.9 Å². The predicted octanol–water partition coefficient (Wildman–Crippen LogP) is 4.21. The molecule has 0 aliphatic heterocycles. The number of nitrogens with one attached hydrogen (secondary N) is 3. The first kappa shape index (κ1) is 19.6. The van der Waals surface area contributed by atoms with Crippen molar-refractivity contribution in [2.24, 2.45) is 0 Å². The lowest BCUT2D eigenvalue weighted by Gasteiger charge is -2.08. The average molecular weight is 424 g/mol. The molecular weight excluding hydrogens is 407 g/mol. The summed E-state index contributed by atoms with van der Waals surface area (Å²) in [6.07, 6.45) is 0.0894. The van der Waals surface area contributed by atoms with E-state index in [1.54, 1.807) is 36.4 Å². The van der Waals surface area contributed by atoms with Crippen molar-refractivity contribution in [2.45, 2.75) is 6.42 Å². The molecule has 2 aromatic carbocycles. The van der Waals surface area contributed by atoms with Crippen LogP contribution in [0.1, 0.15) is 15.2 Å². The van der Waals surface area contributed by atoms with E-state index >= 15 is 0 Å². The number of halogens is 1. The molecule has 0 aliphatic carbocycles. The van der Waals surface area contributed by atoms with Gasteiger partial charge >= 0.3 is 0 Å². The number of ether oxygens (including phenoxy) is 1. The van der Waals surface area contributed by atoms with Gasteiger partial charge in [-0.05, 0) is 35.9 Å². The van der Waals surface area contributed by atoms with Crippen molar-refractivity contribution in [1.82, 2.24) is 10.2 Å². The van der Waals surface area contributed by atoms with Crippen LogP contribution in [0, 0.1) is 5.82 Å².